The van der Waals surface area contributed by atoms with Crippen molar-refractivity contribution in [2.45, 2.75) is 19.4 Å². The maximum absolute atomic E-state index is 12.4. The number of aromatic nitrogens is 1. The summed E-state index contributed by atoms with van der Waals surface area (Å²) >= 11 is 1.53. The first-order valence-electron chi connectivity index (χ1n) is 5.55. The molecule has 2 rings (SSSR count). The first-order chi connectivity index (χ1) is 8.41. The predicted octanol–water partition coefficient (Wildman–Crippen LogP) is 3.27. The molecule has 2 aromatic rings. The monoisotopic (exact) mass is 269 g/mol. The summed E-state index contributed by atoms with van der Waals surface area (Å²) in [6, 6.07) is 5.14. The number of halogens is 3. The minimum atomic E-state index is -4.29. The average Bonchev–Trinajstić information content (AvgIpc) is 2.69. The first kappa shape index (κ1) is 13.1. The fourth-order valence-electron chi connectivity index (χ4n) is 1.68. The second kappa shape index (κ2) is 4.76. The highest BCUT2D eigenvalue weighted by atomic mass is 32.1. The van der Waals surface area contributed by atoms with Gasteiger partial charge in [0.15, 0.2) is 0 Å². The van der Waals surface area contributed by atoms with Crippen LogP contribution in [0, 0.1) is 6.92 Å². The van der Waals surface area contributed by atoms with Crippen molar-refractivity contribution < 1.29 is 13.2 Å². The lowest BCUT2D eigenvalue weighted by Gasteiger charge is -2.06. The predicted molar refractivity (Wildman–Crippen MR) is 69.5 cm³/mol. The minimum absolute atomic E-state index is 0.629. The van der Waals surface area contributed by atoms with Crippen LogP contribution >= 0.6 is 11.3 Å². The van der Waals surface area contributed by atoms with Gasteiger partial charge in [0.25, 0.3) is 0 Å². The van der Waals surface area contributed by atoms with Crippen LogP contribution in [0.5, 0.6) is 0 Å². The van der Waals surface area contributed by atoms with Crippen LogP contribution in [0.2, 0.25) is 0 Å². The molecule has 1 nitrogen and oxygen atoms in total. The summed E-state index contributed by atoms with van der Waals surface area (Å²) < 4.78 is 37.3. The summed E-state index contributed by atoms with van der Waals surface area (Å²) in [4.78, 5) is 5.55. The van der Waals surface area contributed by atoms with E-state index < -0.39 is 11.7 Å². The van der Waals surface area contributed by atoms with Crippen molar-refractivity contribution in [3.05, 3.63) is 40.4 Å². The number of hydrogen-bond donors (Lipinski definition) is 0. The molecule has 0 aliphatic rings. The number of benzene rings is 1. The molecule has 0 spiro atoms. The smallest absolute Gasteiger partial charge is 0.241 e. The van der Waals surface area contributed by atoms with Crippen molar-refractivity contribution >= 4 is 19.2 Å². The van der Waals surface area contributed by atoms with Crippen LogP contribution in [0.4, 0.5) is 13.2 Å². The van der Waals surface area contributed by atoms with Crippen LogP contribution in [0.15, 0.2) is 24.3 Å². The Morgan fingerprint density at radius 1 is 1.22 bits per heavy atom. The molecule has 0 radical (unpaired) electrons. The number of rotatable bonds is 2. The van der Waals surface area contributed by atoms with Gasteiger partial charge >= 0.3 is 6.18 Å². The Morgan fingerprint density at radius 3 is 2.28 bits per heavy atom. The van der Waals surface area contributed by atoms with Gasteiger partial charge in [0.2, 0.25) is 0 Å². The van der Waals surface area contributed by atoms with Gasteiger partial charge in [-0.15, -0.1) is 11.3 Å². The minimum Gasteiger partial charge on any atom is -0.241 e. The quantitative estimate of drug-likeness (QED) is 0.762. The normalized spacial score (nSPS) is 11.8. The largest absolute Gasteiger partial charge is 0.416 e. The Balaban J connectivity index is 2.34. The van der Waals surface area contributed by atoms with Crippen LogP contribution in [-0.2, 0) is 12.5 Å². The van der Waals surface area contributed by atoms with Gasteiger partial charge in [0.1, 0.15) is 12.9 Å². The molecule has 0 N–H and O–H groups in total. The Bertz CT molecular complexity index is 545. The molecule has 0 saturated carbocycles. The highest BCUT2D eigenvalue weighted by Crippen LogP contribution is 2.32. The molecule has 94 valence electrons. The van der Waals surface area contributed by atoms with Crippen molar-refractivity contribution in [1.29, 1.82) is 0 Å². The Hall–Kier alpha value is -1.30. The van der Waals surface area contributed by atoms with Crippen molar-refractivity contribution in [2.75, 3.05) is 0 Å². The van der Waals surface area contributed by atoms with E-state index in [0.717, 1.165) is 34.7 Å². The Labute approximate surface area is 108 Å². The number of hydrogen-bond acceptors (Lipinski definition) is 2. The van der Waals surface area contributed by atoms with Gasteiger partial charge in [-0.05, 0) is 25.4 Å². The molecule has 1 aromatic heterocycles. The third-order valence-corrected chi connectivity index (χ3v) is 4.02. The molecule has 0 aliphatic carbocycles. The van der Waals surface area contributed by atoms with Gasteiger partial charge in [0.05, 0.1) is 11.3 Å². The molecule has 1 aromatic carbocycles. The van der Waals surface area contributed by atoms with E-state index in [0.29, 0.717) is 0 Å². The summed E-state index contributed by atoms with van der Waals surface area (Å²) in [6.07, 6.45) is -3.39. The van der Waals surface area contributed by atoms with E-state index in [4.69, 9.17) is 0 Å². The zero-order chi connectivity index (χ0) is 13.3. The summed E-state index contributed by atoms with van der Waals surface area (Å²) in [5.74, 6) is 0. The lowest BCUT2D eigenvalue weighted by Crippen LogP contribution is -2.03. The maximum Gasteiger partial charge on any atom is 0.416 e. The van der Waals surface area contributed by atoms with Crippen LogP contribution in [-0.4, -0.2) is 12.8 Å². The molecule has 1 heterocycles. The van der Waals surface area contributed by atoms with Crippen LogP contribution < -0.4 is 0 Å². The van der Waals surface area contributed by atoms with E-state index >= 15 is 0 Å². The molecule has 0 unspecified atom stereocenters. The molecule has 0 bridgehead atoms. The molecule has 0 atom stereocenters. The van der Waals surface area contributed by atoms with Crippen molar-refractivity contribution in [2.24, 2.45) is 0 Å². The molecule has 0 saturated heterocycles. The van der Waals surface area contributed by atoms with Crippen molar-refractivity contribution in [1.82, 2.24) is 4.98 Å². The van der Waals surface area contributed by atoms with Gasteiger partial charge < -0.3 is 0 Å². The second-order valence-electron chi connectivity index (χ2n) is 3.96. The van der Waals surface area contributed by atoms with Crippen LogP contribution in [0.3, 0.4) is 0 Å². The number of alkyl halides is 3. The zero-order valence-corrected chi connectivity index (χ0v) is 10.8. The average molecular weight is 269 g/mol. The van der Waals surface area contributed by atoms with Crippen molar-refractivity contribution in [3.63, 3.8) is 0 Å². The lowest BCUT2D eigenvalue weighted by atomic mass is 10.0. The number of aryl methyl sites for hydroxylation is 1. The molecule has 0 fully saturated rings. The maximum atomic E-state index is 12.4. The first-order valence-corrected chi connectivity index (χ1v) is 6.37. The fraction of sp³-hybridized carbons (Fsp3) is 0.250. The van der Waals surface area contributed by atoms with Gasteiger partial charge in [-0.1, -0.05) is 12.1 Å². The van der Waals surface area contributed by atoms with E-state index in [1.165, 1.54) is 28.3 Å². The summed E-state index contributed by atoms with van der Waals surface area (Å²) in [5.41, 5.74) is 1.06. The van der Waals surface area contributed by atoms with Crippen LogP contribution in [0.1, 0.15) is 16.1 Å². The van der Waals surface area contributed by atoms with E-state index in [1.54, 1.807) is 0 Å². The summed E-state index contributed by atoms with van der Waals surface area (Å²) in [7, 11) is 2.04. The molecule has 0 amide bonds. The van der Waals surface area contributed by atoms with Crippen LogP contribution in [0.25, 0.3) is 10.6 Å². The number of thiazole rings is 1. The highest BCUT2D eigenvalue weighted by molar-refractivity contribution is 7.15. The summed E-state index contributed by atoms with van der Waals surface area (Å²) in [6.45, 7) is 1.92. The molecular formula is C12H11BF3NS. The molecule has 18 heavy (non-hydrogen) atoms. The SMILES string of the molecule is BCc1sc(-c2ccc(C(F)(F)F)cc2)nc1C. The van der Waals surface area contributed by atoms with Gasteiger partial charge in [0, 0.05) is 10.4 Å². The highest BCUT2D eigenvalue weighted by Gasteiger charge is 2.30. The standard InChI is InChI=1S/C12H11BF3NS/c1-7-10(6-13)18-11(17-7)8-2-4-9(5-3-8)12(14,15)16/h2-5H,6,13H2,1H3. The number of nitrogens with zero attached hydrogens (tertiary/aromatic N) is 1. The van der Waals surface area contributed by atoms with E-state index in [9.17, 15) is 13.2 Å². The molecule has 6 heteroatoms. The molecular weight excluding hydrogens is 258 g/mol. The third kappa shape index (κ3) is 2.58. The summed E-state index contributed by atoms with van der Waals surface area (Å²) in [5, 5.41) is 0.776. The lowest BCUT2D eigenvalue weighted by molar-refractivity contribution is -0.137. The fourth-order valence-corrected chi connectivity index (χ4v) is 2.69. The van der Waals surface area contributed by atoms with Gasteiger partial charge in [-0.2, -0.15) is 13.2 Å². The Kier molecular flexibility index (Phi) is 3.48. The van der Waals surface area contributed by atoms with Gasteiger partial charge in [-0.3, -0.25) is 0 Å². The second-order valence-corrected chi connectivity index (χ2v) is 5.04. The Morgan fingerprint density at radius 2 is 1.83 bits per heavy atom. The van der Waals surface area contributed by atoms with E-state index in [1.807, 2.05) is 14.8 Å². The van der Waals surface area contributed by atoms with E-state index in [2.05, 4.69) is 4.98 Å². The topological polar surface area (TPSA) is 12.9 Å². The zero-order valence-electron chi connectivity index (χ0n) is 10.0. The third-order valence-electron chi connectivity index (χ3n) is 2.67. The van der Waals surface area contributed by atoms with Crippen molar-refractivity contribution in [3.8, 4) is 10.6 Å². The van der Waals surface area contributed by atoms with E-state index in [-0.39, 0.29) is 0 Å². The van der Waals surface area contributed by atoms with Gasteiger partial charge in [-0.25, -0.2) is 4.98 Å². The molecule has 0 aliphatic heterocycles.